The van der Waals surface area contributed by atoms with Crippen LogP contribution in [0.4, 0.5) is 8.78 Å². The lowest BCUT2D eigenvalue weighted by Gasteiger charge is -2.28. The Kier molecular flexibility index (Phi) is 5.23. The normalized spacial score (nSPS) is 12.2. The predicted molar refractivity (Wildman–Crippen MR) is 70.4 cm³/mol. The highest BCUT2D eigenvalue weighted by Gasteiger charge is 2.18. The maximum absolute atomic E-state index is 13.4. The molecule has 1 N–H and O–H groups in total. The molecule has 0 aromatic heterocycles. The van der Waals surface area contributed by atoms with E-state index in [1.807, 2.05) is 14.1 Å². The van der Waals surface area contributed by atoms with Crippen molar-refractivity contribution in [2.75, 3.05) is 27.2 Å². The summed E-state index contributed by atoms with van der Waals surface area (Å²) in [4.78, 5) is 2.12. The summed E-state index contributed by atoms with van der Waals surface area (Å²) in [5.41, 5.74) is 0.462. The van der Waals surface area contributed by atoms with Gasteiger partial charge in [0.1, 0.15) is 11.6 Å². The third kappa shape index (κ3) is 5.10. The van der Waals surface area contributed by atoms with E-state index in [9.17, 15) is 8.78 Å². The highest BCUT2D eigenvalue weighted by molar-refractivity contribution is 5.18. The molecule has 0 saturated carbocycles. The summed E-state index contributed by atoms with van der Waals surface area (Å²) >= 11 is 0. The lowest BCUT2D eigenvalue weighted by atomic mass is 9.93. The molecular formula is C14H22F2N2. The van der Waals surface area contributed by atoms with E-state index in [2.05, 4.69) is 24.1 Å². The summed E-state index contributed by atoms with van der Waals surface area (Å²) < 4.78 is 26.4. The molecule has 102 valence electrons. The Morgan fingerprint density at radius 3 is 2.50 bits per heavy atom. The molecule has 0 aliphatic carbocycles. The van der Waals surface area contributed by atoms with E-state index < -0.39 is 5.82 Å². The first-order valence-corrected chi connectivity index (χ1v) is 6.09. The van der Waals surface area contributed by atoms with Crippen LogP contribution in [-0.2, 0) is 6.54 Å². The zero-order chi connectivity index (χ0) is 13.8. The maximum atomic E-state index is 13.4. The van der Waals surface area contributed by atoms with Crippen LogP contribution in [-0.4, -0.2) is 32.1 Å². The fourth-order valence-electron chi connectivity index (χ4n) is 2.13. The van der Waals surface area contributed by atoms with Gasteiger partial charge in [-0.3, -0.25) is 0 Å². The topological polar surface area (TPSA) is 15.3 Å². The molecule has 0 aliphatic rings. The van der Waals surface area contributed by atoms with Crippen LogP contribution in [0.2, 0.25) is 0 Å². The van der Waals surface area contributed by atoms with Crippen LogP contribution in [0.25, 0.3) is 0 Å². The van der Waals surface area contributed by atoms with Gasteiger partial charge in [0.15, 0.2) is 0 Å². The van der Waals surface area contributed by atoms with E-state index in [0.717, 1.165) is 25.2 Å². The Hall–Kier alpha value is -1.00. The van der Waals surface area contributed by atoms with Crippen molar-refractivity contribution in [3.05, 3.63) is 35.4 Å². The summed E-state index contributed by atoms with van der Waals surface area (Å²) in [6.45, 7) is 6.32. The molecule has 0 unspecified atom stereocenters. The Bertz CT molecular complexity index is 389. The molecule has 4 heteroatoms. The van der Waals surface area contributed by atoms with Gasteiger partial charge in [-0.15, -0.1) is 0 Å². The lowest BCUT2D eigenvalue weighted by molar-refractivity contribution is 0.232. The number of nitrogens with one attached hydrogen (secondary N) is 1. The van der Waals surface area contributed by atoms with Crippen LogP contribution in [0, 0.1) is 17.0 Å². The number of rotatable bonds is 6. The van der Waals surface area contributed by atoms with Gasteiger partial charge in [0.25, 0.3) is 0 Å². The minimum absolute atomic E-state index is 0.0906. The summed E-state index contributed by atoms with van der Waals surface area (Å²) in [5.74, 6) is -0.768. The van der Waals surface area contributed by atoms with Crippen LogP contribution in [0.3, 0.4) is 0 Å². The largest absolute Gasteiger partial charge is 0.312 e. The van der Waals surface area contributed by atoms with Gasteiger partial charge in [0.05, 0.1) is 0 Å². The van der Waals surface area contributed by atoms with E-state index in [4.69, 9.17) is 0 Å². The molecule has 0 aliphatic heterocycles. The first-order chi connectivity index (χ1) is 8.30. The highest BCUT2D eigenvalue weighted by atomic mass is 19.1. The van der Waals surface area contributed by atoms with Crippen molar-refractivity contribution in [2.24, 2.45) is 5.41 Å². The van der Waals surface area contributed by atoms with Crippen LogP contribution >= 0.6 is 0 Å². The first kappa shape index (κ1) is 15.1. The quantitative estimate of drug-likeness (QED) is 0.841. The average Bonchev–Trinajstić information content (AvgIpc) is 2.21. The summed E-state index contributed by atoms with van der Waals surface area (Å²) in [6.07, 6.45) is 0. The Morgan fingerprint density at radius 1 is 1.22 bits per heavy atom. The summed E-state index contributed by atoms with van der Waals surface area (Å²) in [5, 5.41) is 3.18. The van der Waals surface area contributed by atoms with Crippen LogP contribution in [0.15, 0.2) is 18.2 Å². The molecule has 2 nitrogen and oxygen atoms in total. The predicted octanol–water partition coefficient (Wildman–Crippen LogP) is 2.64. The van der Waals surface area contributed by atoms with Crippen molar-refractivity contribution in [3.63, 3.8) is 0 Å². The zero-order valence-electron chi connectivity index (χ0n) is 11.6. The highest BCUT2D eigenvalue weighted by Crippen LogP contribution is 2.15. The fraction of sp³-hybridized carbons (Fsp3) is 0.571. The van der Waals surface area contributed by atoms with Gasteiger partial charge in [-0.05, 0) is 37.7 Å². The minimum Gasteiger partial charge on any atom is -0.312 e. The van der Waals surface area contributed by atoms with Crippen molar-refractivity contribution in [1.29, 1.82) is 0 Å². The second-order valence-electron chi connectivity index (χ2n) is 5.74. The number of halogens is 2. The fourth-order valence-corrected chi connectivity index (χ4v) is 2.13. The average molecular weight is 256 g/mol. The third-order valence-corrected chi connectivity index (χ3v) is 2.67. The molecule has 0 radical (unpaired) electrons. The van der Waals surface area contributed by atoms with Gasteiger partial charge in [0, 0.05) is 25.2 Å². The molecule has 0 fully saturated rings. The standard InChI is InChI=1S/C14H22F2N2/c1-14(2,10-18(3)4)9-17-8-11-7-12(15)5-6-13(11)16/h5-7,17H,8-10H2,1-4H3. The van der Waals surface area contributed by atoms with E-state index in [1.54, 1.807) is 0 Å². The monoisotopic (exact) mass is 256 g/mol. The molecule has 0 saturated heterocycles. The lowest BCUT2D eigenvalue weighted by Crippen LogP contribution is -2.37. The van der Waals surface area contributed by atoms with Gasteiger partial charge >= 0.3 is 0 Å². The second kappa shape index (κ2) is 6.25. The maximum Gasteiger partial charge on any atom is 0.127 e. The SMILES string of the molecule is CN(C)CC(C)(C)CNCc1cc(F)ccc1F. The van der Waals surface area contributed by atoms with E-state index in [1.165, 1.54) is 6.07 Å². The number of hydrogen-bond donors (Lipinski definition) is 1. The Morgan fingerprint density at radius 2 is 1.89 bits per heavy atom. The second-order valence-corrected chi connectivity index (χ2v) is 5.74. The summed E-state index contributed by atoms with van der Waals surface area (Å²) in [7, 11) is 4.04. The zero-order valence-corrected chi connectivity index (χ0v) is 11.6. The Balaban J connectivity index is 2.48. The molecule has 0 spiro atoms. The molecule has 1 rings (SSSR count). The van der Waals surface area contributed by atoms with Crippen molar-refractivity contribution >= 4 is 0 Å². The minimum atomic E-state index is -0.402. The van der Waals surface area contributed by atoms with Crippen LogP contribution in [0.5, 0.6) is 0 Å². The van der Waals surface area contributed by atoms with E-state index in [0.29, 0.717) is 12.1 Å². The third-order valence-electron chi connectivity index (χ3n) is 2.67. The molecule has 1 aromatic rings. The number of nitrogens with zero attached hydrogens (tertiary/aromatic N) is 1. The first-order valence-electron chi connectivity index (χ1n) is 6.09. The molecule has 0 bridgehead atoms. The van der Waals surface area contributed by atoms with Crippen molar-refractivity contribution in [1.82, 2.24) is 10.2 Å². The number of benzene rings is 1. The van der Waals surface area contributed by atoms with Crippen molar-refractivity contribution in [2.45, 2.75) is 20.4 Å². The summed E-state index contributed by atoms with van der Waals surface area (Å²) in [6, 6.07) is 3.54. The van der Waals surface area contributed by atoms with Gasteiger partial charge in [-0.25, -0.2) is 8.78 Å². The molecule has 0 atom stereocenters. The van der Waals surface area contributed by atoms with E-state index >= 15 is 0 Å². The molecule has 1 aromatic carbocycles. The molecule has 18 heavy (non-hydrogen) atoms. The van der Waals surface area contributed by atoms with Crippen molar-refractivity contribution < 1.29 is 8.78 Å². The van der Waals surface area contributed by atoms with Gasteiger partial charge in [-0.2, -0.15) is 0 Å². The molecule has 0 amide bonds. The van der Waals surface area contributed by atoms with Crippen LogP contribution < -0.4 is 5.32 Å². The number of hydrogen-bond acceptors (Lipinski definition) is 2. The Labute approximate surface area is 108 Å². The van der Waals surface area contributed by atoms with Crippen molar-refractivity contribution in [3.8, 4) is 0 Å². The van der Waals surface area contributed by atoms with Crippen LogP contribution in [0.1, 0.15) is 19.4 Å². The van der Waals surface area contributed by atoms with Gasteiger partial charge in [0.2, 0.25) is 0 Å². The van der Waals surface area contributed by atoms with Gasteiger partial charge in [-0.1, -0.05) is 13.8 Å². The molecule has 0 heterocycles. The van der Waals surface area contributed by atoms with Gasteiger partial charge < -0.3 is 10.2 Å². The smallest absolute Gasteiger partial charge is 0.127 e. The molecular weight excluding hydrogens is 234 g/mol. The van der Waals surface area contributed by atoms with E-state index in [-0.39, 0.29) is 11.2 Å².